The Morgan fingerprint density at radius 1 is 1.38 bits per heavy atom. The highest BCUT2D eigenvalue weighted by atomic mass is 15.1. The summed E-state index contributed by atoms with van der Waals surface area (Å²) in [6.45, 7) is 2.42. The van der Waals surface area contributed by atoms with Gasteiger partial charge in [0.25, 0.3) is 0 Å². The van der Waals surface area contributed by atoms with Gasteiger partial charge in [-0.1, -0.05) is 24.3 Å². The van der Waals surface area contributed by atoms with Crippen LogP contribution in [0.4, 0.5) is 0 Å². The van der Waals surface area contributed by atoms with Gasteiger partial charge in [-0.2, -0.15) is 0 Å². The van der Waals surface area contributed by atoms with Crippen LogP contribution >= 0.6 is 0 Å². The lowest BCUT2D eigenvalue weighted by Gasteiger charge is -2.43. The fraction of sp³-hybridized carbons (Fsp3) is 0.571. The molecule has 1 aliphatic heterocycles. The molecule has 2 atom stereocenters. The van der Waals surface area contributed by atoms with Crippen LogP contribution in [0.5, 0.6) is 0 Å². The number of nitrogens with one attached hydrogen (secondary N) is 1. The number of benzene rings is 1. The molecule has 0 spiro atoms. The van der Waals surface area contributed by atoms with Gasteiger partial charge in [-0.15, -0.1) is 0 Å². The lowest BCUT2D eigenvalue weighted by molar-refractivity contribution is 0.103. The highest BCUT2D eigenvalue weighted by Gasteiger charge is 2.47. The standard InChI is InChI=1S/C14H20N2/c1-15-14-7-8-16(2)10-12(14)9-11-5-3-4-6-13(11)14/h3-6,12,15H,7-10H2,1-2H3/t12-,14-/m0/s1. The highest BCUT2D eigenvalue weighted by Crippen LogP contribution is 2.45. The first-order chi connectivity index (χ1) is 7.76. The number of piperidine rings is 1. The predicted molar refractivity (Wildman–Crippen MR) is 66.5 cm³/mol. The molecule has 16 heavy (non-hydrogen) atoms. The Labute approximate surface area is 97.6 Å². The fourth-order valence-corrected chi connectivity index (χ4v) is 3.65. The normalized spacial score (nSPS) is 33.5. The molecule has 3 rings (SSSR count). The van der Waals surface area contributed by atoms with Crippen LogP contribution in [0.2, 0.25) is 0 Å². The van der Waals surface area contributed by atoms with Crippen LogP contribution in [0, 0.1) is 5.92 Å². The lowest BCUT2D eigenvalue weighted by atomic mass is 9.78. The van der Waals surface area contributed by atoms with E-state index >= 15 is 0 Å². The van der Waals surface area contributed by atoms with Crippen LogP contribution in [-0.4, -0.2) is 32.1 Å². The minimum atomic E-state index is 0.253. The summed E-state index contributed by atoms with van der Waals surface area (Å²) in [5.74, 6) is 0.744. The summed E-state index contributed by atoms with van der Waals surface area (Å²) in [6.07, 6.45) is 2.48. The van der Waals surface area contributed by atoms with Crippen molar-refractivity contribution in [2.24, 2.45) is 5.92 Å². The van der Waals surface area contributed by atoms with E-state index in [2.05, 4.69) is 48.6 Å². The van der Waals surface area contributed by atoms with Crippen LogP contribution < -0.4 is 5.32 Å². The molecule has 2 heteroatoms. The number of likely N-dealkylation sites (tertiary alicyclic amines) is 1. The molecule has 2 nitrogen and oxygen atoms in total. The van der Waals surface area contributed by atoms with Crippen molar-refractivity contribution in [2.75, 3.05) is 27.2 Å². The average Bonchev–Trinajstić information content (AvgIpc) is 2.63. The minimum Gasteiger partial charge on any atom is -0.310 e. The molecule has 0 saturated carbocycles. The summed E-state index contributed by atoms with van der Waals surface area (Å²) in [4.78, 5) is 2.46. The average molecular weight is 216 g/mol. The topological polar surface area (TPSA) is 15.3 Å². The molecule has 0 amide bonds. The summed E-state index contributed by atoms with van der Waals surface area (Å²) in [7, 11) is 4.36. The van der Waals surface area contributed by atoms with Gasteiger partial charge in [0.05, 0.1) is 0 Å². The minimum absolute atomic E-state index is 0.253. The van der Waals surface area contributed by atoms with E-state index in [1.165, 1.54) is 25.9 Å². The maximum Gasteiger partial charge on any atom is 0.0491 e. The molecule has 1 saturated heterocycles. The van der Waals surface area contributed by atoms with Gasteiger partial charge in [-0.3, -0.25) is 0 Å². The third-order valence-corrected chi connectivity index (χ3v) is 4.53. The number of nitrogens with zero attached hydrogens (tertiary/aromatic N) is 1. The van der Waals surface area contributed by atoms with Crippen LogP contribution in [0.15, 0.2) is 24.3 Å². The monoisotopic (exact) mass is 216 g/mol. The summed E-state index contributed by atoms with van der Waals surface area (Å²) < 4.78 is 0. The molecule has 1 aromatic carbocycles. The molecular formula is C14H20N2. The van der Waals surface area contributed by atoms with E-state index in [0.29, 0.717) is 0 Å². The summed E-state index contributed by atoms with van der Waals surface area (Å²) in [5, 5.41) is 3.63. The molecule has 0 bridgehead atoms. The van der Waals surface area contributed by atoms with Crippen LogP contribution in [-0.2, 0) is 12.0 Å². The van der Waals surface area contributed by atoms with Gasteiger partial charge in [-0.25, -0.2) is 0 Å². The second-order valence-electron chi connectivity index (χ2n) is 5.29. The van der Waals surface area contributed by atoms with Gasteiger partial charge in [-0.05, 0) is 50.5 Å². The van der Waals surface area contributed by atoms with E-state index < -0.39 is 0 Å². The molecule has 0 unspecified atom stereocenters. The number of hydrogen-bond donors (Lipinski definition) is 1. The maximum absolute atomic E-state index is 3.63. The van der Waals surface area contributed by atoms with E-state index in [0.717, 1.165) is 5.92 Å². The number of fused-ring (bicyclic) bond motifs is 3. The third-order valence-electron chi connectivity index (χ3n) is 4.53. The molecule has 1 N–H and O–H groups in total. The first-order valence-corrected chi connectivity index (χ1v) is 6.22. The molecule has 2 aliphatic rings. The zero-order valence-corrected chi connectivity index (χ0v) is 10.2. The van der Waals surface area contributed by atoms with E-state index in [-0.39, 0.29) is 5.54 Å². The SMILES string of the molecule is CN[C@@]12CCN(C)C[C@@H]1Cc1ccccc12. The first-order valence-electron chi connectivity index (χ1n) is 6.22. The van der Waals surface area contributed by atoms with Crippen LogP contribution in [0.25, 0.3) is 0 Å². The number of rotatable bonds is 1. The summed E-state index contributed by atoms with van der Waals surface area (Å²) in [5.41, 5.74) is 3.36. The van der Waals surface area contributed by atoms with Crippen molar-refractivity contribution in [1.29, 1.82) is 0 Å². The molecule has 1 aromatic rings. The Hall–Kier alpha value is -0.860. The second-order valence-corrected chi connectivity index (χ2v) is 5.29. The van der Waals surface area contributed by atoms with Crippen molar-refractivity contribution < 1.29 is 0 Å². The van der Waals surface area contributed by atoms with Crippen molar-refractivity contribution in [3.05, 3.63) is 35.4 Å². The Morgan fingerprint density at radius 3 is 3.00 bits per heavy atom. The van der Waals surface area contributed by atoms with Crippen LogP contribution in [0.1, 0.15) is 17.5 Å². The van der Waals surface area contributed by atoms with Crippen molar-refractivity contribution in [2.45, 2.75) is 18.4 Å². The predicted octanol–water partition coefficient (Wildman–Crippen LogP) is 1.61. The quantitative estimate of drug-likeness (QED) is 0.767. The summed E-state index contributed by atoms with van der Waals surface area (Å²) >= 11 is 0. The van der Waals surface area contributed by atoms with Crippen LogP contribution in [0.3, 0.4) is 0 Å². The third kappa shape index (κ3) is 1.26. The largest absolute Gasteiger partial charge is 0.310 e. The van der Waals surface area contributed by atoms with E-state index in [4.69, 9.17) is 0 Å². The van der Waals surface area contributed by atoms with Crippen molar-refractivity contribution in [1.82, 2.24) is 10.2 Å². The molecular weight excluding hydrogens is 196 g/mol. The molecule has 0 radical (unpaired) electrons. The fourth-order valence-electron chi connectivity index (χ4n) is 3.65. The summed E-state index contributed by atoms with van der Waals surface area (Å²) in [6, 6.07) is 8.96. The Balaban J connectivity index is 2.06. The van der Waals surface area contributed by atoms with Gasteiger partial charge in [0.15, 0.2) is 0 Å². The maximum atomic E-state index is 3.63. The van der Waals surface area contributed by atoms with Crippen molar-refractivity contribution in [3.63, 3.8) is 0 Å². The van der Waals surface area contributed by atoms with E-state index in [1.54, 1.807) is 11.1 Å². The molecule has 0 aromatic heterocycles. The molecule has 1 aliphatic carbocycles. The lowest BCUT2D eigenvalue weighted by Crippen LogP contribution is -2.53. The van der Waals surface area contributed by atoms with Gasteiger partial charge < -0.3 is 10.2 Å². The number of hydrogen-bond acceptors (Lipinski definition) is 2. The van der Waals surface area contributed by atoms with Gasteiger partial charge in [0.2, 0.25) is 0 Å². The highest BCUT2D eigenvalue weighted by molar-refractivity contribution is 5.41. The first kappa shape index (κ1) is 10.3. The van der Waals surface area contributed by atoms with Crippen molar-refractivity contribution in [3.8, 4) is 0 Å². The van der Waals surface area contributed by atoms with E-state index in [1.807, 2.05) is 0 Å². The zero-order valence-electron chi connectivity index (χ0n) is 10.2. The van der Waals surface area contributed by atoms with Gasteiger partial charge >= 0.3 is 0 Å². The molecule has 86 valence electrons. The Morgan fingerprint density at radius 2 is 2.19 bits per heavy atom. The second kappa shape index (κ2) is 3.57. The molecule has 1 fully saturated rings. The zero-order chi connectivity index (χ0) is 11.2. The van der Waals surface area contributed by atoms with Gasteiger partial charge in [0, 0.05) is 12.1 Å². The Bertz CT molecular complexity index is 401. The van der Waals surface area contributed by atoms with Crippen molar-refractivity contribution >= 4 is 0 Å². The Kier molecular flexibility index (Phi) is 2.30. The van der Waals surface area contributed by atoms with E-state index in [9.17, 15) is 0 Å². The molecule has 1 heterocycles. The van der Waals surface area contributed by atoms with Gasteiger partial charge in [0.1, 0.15) is 0 Å². The smallest absolute Gasteiger partial charge is 0.0491 e.